The summed E-state index contributed by atoms with van der Waals surface area (Å²) in [4.78, 5) is 17.3. The number of nitrogens with one attached hydrogen (secondary N) is 1. The molecule has 1 aromatic carbocycles. The van der Waals surface area contributed by atoms with Crippen molar-refractivity contribution in [3.8, 4) is 11.6 Å². The summed E-state index contributed by atoms with van der Waals surface area (Å²) in [6, 6.07) is 8.81. The molecule has 6 nitrogen and oxygen atoms in total. The molecular formula is C18H18F3N3O3. The van der Waals surface area contributed by atoms with Crippen LogP contribution in [0.2, 0.25) is 0 Å². The van der Waals surface area contributed by atoms with Crippen molar-refractivity contribution in [1.82, 2.24) is 9.88 Å². The molecule has 0 saturated carbocycles. The van der Waals surface area contributed by atoms with Crippen LogP contribution in [0.15, 0.2) is 42.6 Å². The maximum Gasteiger partial charge on any atom is 0.417 e. The summed E-state index contributed by atoms with van der Waals surface area (Å²) in [5.41, 5.74) is -0.197. The van der Waals surface area contributed by atoms with E-state index in [9.17, 15) is 18.0 Å². The monoisotopic (exact) mass is 381 g/mol. The number of carbonyl (C=O) groups is 1. The number of anilines is 1. The van der Waals surface area contributed by atoms with Gasteiger partial charge in [-0.2, -0.15) is 13.2 Å². The molecule has 144 valence electrons. The Morgan fingerprint density at radius 2 is 1.93 bits per heavy atom. The number of alkyl halides is 3. The molecule has 1 fully saturated rings. The van der Waals surface area contributed by atoms with Gasteiger partial charge in [0.15, 0.2) is 0 Å². The highest BCUT2D eigenvalue weighted by molar-refractivity contribution is 5.90. The second kappa shape index (κ2) is 7.73. The van der Waals surface area contributed by atoms with Crippen LogP contribution in [0.25, 0.3) is 0 Å². The summed E-state index contributed by atoms with van der Waals surface area (Å²) < 4.78 is 48.3. The number of halogens is 3. The van der Waals surface area contributed by atoms with E-state index in [0.29, 0.717) is 25.4 Å². The molecule has 2 heterocycles. The molecule has 2 aromatic rings. The molecule has 0 bridgehead atoms. The fraction of sp³-hybridized carbons (Fsp3) is 0.333. The zero-order chi connectivity index (χ0) is 19.4. The summed E-state index contributed by atoms with van der Waals surface area (Å²) in [5, 5.41) is 2.76. The van der Waals surface area contributed by atoms with Crippen molar-refractivity contribution >= 4 is 11.7 Å². The molecule has 1 aromatic heterocycles. The van der Waals surface area contributed by atoms with Gasteiger partial charge in [-0.3, -0.25) is 0 Å². The summed E-state index contributed by atoms with van der Waals surface area (Å²) >= 11 is 0. The number of carbonyl (C=O) groups excluding carboxylic acids is 1. The minimum absolute atomic E-state index is 0.0968. The van der Waals surface area contributed by atoms with Crippen molar-refractivity contribution in [3.63, 3.8) is 0 Å². The van der Waals surface area contributed by atoms with Gasteiger partial charge in [0.05, 0.1) is 25.3 Å². The summed E-state index contributed by atoms with van der Waals surface area (Å²) in [7, 11) is 0. The van der Waals surface area contributed by atoms with E-state index in [-0.39, 0.29) is 18.0 Å². The van der Waals surface area contributed by atoms with Gasteiger partial charge in [0.25, 0.3) is 0 Å². The third-order valence-electron chi connectivity index (χ3n) is 3.90. The van der Waals surface area contributed by atoms with Crippen LogP contribution in [0.4, 0.5) is 23.7 Å². The number of nitrogens with zero attached hydrogens (tertiary/aromatic N) is 2. The minimum atomic E-state index is -4.43. The van der Waals surface area contributed by atoms with Crippen molar-refractivity contribution in [2.75, 3.05) is 25.0 Å². The van der Waals surface area contributed by atoms with Crippen molar-refractivity contribution in [1.29, 1.82) is 0 Å². The maximum absolute atomic E-state index is 12.5. The Morgan fingerprint density at radius 1 is 1.22 bits per heavy atom. The van der Waals surface area contributed by atoms with E-state index in [0.717, 1.165) is 18.0 Å². The maximum atomic E-state index is 12.5. The highest BCUT2D eigenvalue weighted by atomic mass is 19.4. The van der Waals surface area contributed by atoms with Gasteiger partial charge in [-0.15, -0.1) is 0 Å². The SMILES string of the molecule is CCOc1ccc(NC(=O)N2CC(Oc3ccc(C(F)(F)F)cn3)C2)cc1. The fourth-order valence-corrected chi connectivity index (χ4v) is 2.47. The van der Waals surface area contributed by atoms with Gasteiger partial charge < -0.3 is 19.7 Å². The van der Waals surface area contributed by atoms with E-state index in [1.807, 2.05) is 6.92 Å². The molecule has 27 heavy (non-hydrogen) atoms. The van der Waals surface area contributed by atoms with Crippen LogP contribution in [0, 0.1) is 0 Å². The molecular weight excluding hydrogens is 363 g/mol. The first-order chi connectivity index (χ1) is 12.8. The number of aromatic nitrogens is 1. The van der Waals surface area contributed by atoms with Crippen LogP contribution >= 0.6 is 0 Å². The molecule has 1 saturated heterocycles. The summed E-state index contributed by atoms with van der Waals surface area (Å²) in [5.74, 6) is 0.816. The number of benzene rings is 1. The third kappa shape index (κ3) is 4.81. The van der Waals surface area contributed by atoms with Crippen molar-refractivity contribution in [2.45, 2.75) is 19.2 Å². The summed E-state index contributed by atoms with van der Waals surface area (Å²) in [6.45, 7) is 3.10. The highest BCUT2D eigenvalue weighted by Gasteiger charge is 2.34. The van der Waals surface area contributed by atoms with Gasteiger partial charge in [-0.1, -0.05) is 0 Å². The lowest BCUT2D eigenvalue weighted by Crippen LogP contribution is -2.57. The molecule has 1 aliphatic heterocycles. The van der Waals surface area contributed by atoms with Gasteiger partial charge in [-0.25, -0.2) is 9.78 Å². The second-order valence-electron chi connectivity index (χ2n) is 5.92. The molecule has 0 unspecified atom stereocenters. The zero-order valence-corrected chi connectivity index (χ0v) is 14.5. The lowest BCUT2D eigenvalue weighted by molar-refractivity contribution is -0.137. The molecule has 9 heteroatoms. The Labute approximate surface area is 153 Å². The molecule has 0 radical (unpaired) electrons. The molecule has 0 spiro atoms. The number of amides is 2. The fourth-order valence-electron chi connectivity index (χ4n) is 2.47. The predicted octanol–water partition coefficient (Wildman–Crippen LogP) is 3.79. The van der Waals surface area contributed by atoms with Crippen LogP contribution in [0.5, 0.6) is 11.6 Å². The minimum Gasteiger partial charge on any atom is -0.494 e. The molecule has 2 amide bonds. The number of likely N-dealkylation sites (tertiary alicyclic amines) is 1. The molecule has 1 aliphatic rings. The Morgan fingerprint density at radius 3 is 2.48 bits per heavy atom. The van der Waals surface area contributed by atoms with Gasteiger partial charge in [0.1, 0.15) is 11.9 Å². The van der Waals surface area contributed by atoms with Gasteiger partial charge in [0, 0.05) is 18.0 Å². The number of rotatable bonds is 5. The second-order valence-corrected chi connectivity index (χ2v) is 5.92. The van der Waals surface area contributed by atoms with Crippen LogP contribution < -0.4 is 14.8 Å². The number of hydrogen-bond acceptors (Lipinski definition) is 4. The third-order valence-corrected chi connectivity index (χ3v) is 3.90. The van der Waals surface area contributed by atoms with Gasteiger partial charge in [-0.05, 0) is 37.3 Å². The molecule has 3 rings (SSSR count). The predicted molar refractivity (Wildman–Crippen MR) is 91.9 cm³/mol. The van der Waals surface area contributed by atoms with Crippen molar-refractivity contribution < 1.29 is 27.4 Å². The first-order valence-electron chi connectivity index (χ1n) is 8.34. The van der Waals surface area contributed by atoms with E-state index in [4.69, 9.17) is 9.47 Å². The van der Waals surface area contributed by atoms with Crippen LogP contribution in [0.3, 0.4) is 0 Å². The van der Waals surface area contributed by atoms with E-state index in [1.165, 1.54) is 11.0 Å². The number of ether oxygens (including phenoxy) is 2. The topological polar surface area (TPSA) is 63.7 Å². The Kier molecular flexibility index (Phi) is 5.38. The molecule has 1 N–H and O–H groups in total. The zero-order valence-electron chi connectivity index (χ0n) is 14.5. The van der Waals surface area contributed by atoms with E-state index in [2.05, 4.69) is 10.3 Å². The highest BCUT2D eigenvalue weighted by Crippen LogP contribution is 2.29. The first kappa shape index (κ1) is 18.8. The summed E-state index contributed by atoms with van der Waals surface area (Å²) in [6.07, 6.45) is -4.01. The smallest absolute Gasteiger partial charge is 0.417 e. The largest absolute Gasteiger partial charge is 0.494 e. The Hall–Kier alpha value is -2.97. The van der Waals surface area contributed by atoms with E-state index >= 15 is 0 Å². The van der Waals surface area contributed by atoms with E-state index in [1.54, 1.807) is 24.3 Å². The van der Waals surface area contributed by atoms with Gasteiger partial charge >= 0.3 is 12.2 Å². The van der Waals surface area contributed by atoms with Crippen molar-refractivity contribution in [2.24, 2.45) is 0 Å². The van der Waals surface area contributed by atoms with Crippen LogP contribution in [-0.4, -0.2) is 41.7 Å². The normalized spacial score (nSPS) is 14.4. The Bertz CT molecular complexity index is 773. The van der Waals surface area contributed by atoms with E-state index < -0.39 is 11.7 Å². The lowest BCUT2D eigenvalue weighted by atomic mass is 10.2. The number of urea groups is 1. The van der Waals surface area contributed by atoms with Gasteiger partial charge in [0.2, 0.25) is 5.88 Å². The first-order valence-corrected chi connectivity index (χ1v) is 8.34. The average Bonchev–Trinajstić information content (AvgIpc) is 2.59. The Balaban J connectivity index is 1.45. The number of hydrogen-bond donors (Lipinski definition) is 1. The van der Waals surface area contributed by atoms with Crippen LogP contribution in [0.1, 0.15) is 12.5 Å². The molecule has 0 aliphatic carbocycles. The molecule has 0 atom stereocenters. The van der Waals surface area contributed by atoms with Crippen LogP contribution in [-0.2, 0) is 6.18 Å². The standard InChI is InChI=1S/C18H18F3N3O3/c1-2-26-14-6-4-13(5-7-14)23-17(25)24-10-15(11-24)27-16-8-3-12(9-22-16)18(19,20)21/h3-9,15H,2,10-11H2,1H3,(H,23,25). The quantitative estimate of drug-likeness (QED) is 0.856. The lowest BCUT2D eigenvalue weighted by Gasteiger charge is -2.38. The van der Waals surface area contributed by atoms with Crippen molar-refractivity contribution in [3.05, 3.63) is 48.2 Å². The number of pyridine rings is 1. The average molecular weight is 381 g/mol.